The van der Waals surface area contributed by atoms with Crippen molar-refractivity contribution >= 4 is 48.0 Å². The van der Waals surface area contributed by atoms with Crippen molar-refractivity contribution in [1.29, 1.82) is 0 Å². The highest BCUT2D eigenvalue weighted by Crippen LogP contribution is 2.27. The normalized spacial score (nSPS) is 10.0. The Labute approximate surface area is 105 Å². The van der Waals surface area contributed by atoms with Gasteiger partial charge in [-0.1, -0.05) is 20.4 Å². The van der Waals surface area contributed by atoms with Crippen LogP contribution in [-0.2, 0) is 17.0 Å². The van der Waals surface area contributed by atoms with Gasteiger partial charge in [0, 0.05) is 15.5 Å². The molecule has 0 bridgehead atoms. The molecule has 1 rings (SSSR count). The van der Waals surface area contributed by atoms with Gasteiger partial charge in [0.05, 0.1) is 5.69 Å². The van der Waals surface area contributed by atoms with E-state index in [2.05, 4.69) is 41.8 Å². The van der Waals surface area contributed by atoms with Crippen LogP contribution in [0.1, 0.15) is 5.56 Å². The summed E-state index contributed by atoms with van der Waals surface area (Å²) in [6.07, 6.45) is 0. The summed E-state index contributed by atoms with van der Waals surface area (Å²) in [4.78, 5) is 0. The number of halogens is 2. The molecule has 0 saturated carbocycles. The quantitative estimate of drug-likeness (QED) is 0.639. The van der Waals surface area contributed by atoms with Crippen LogP contribution < -0.4 is 11.2 Å². The predicted octanol–water partition coefficient (Wildman–Crippen LogP) is 1.86. The molecule has 1 aromatic carbocycles. The minimum Gasteiger partial charge on any atom is -0.398 e. The van der Waals surface area contributed by atoms with Crippen LogP contribution in [0, 0.1) is 0 Å². The standard InChI is InChI=1S/C7H7Br2N3O2S/c8-5-1-4(3-11-12-15(13)14)7(10)6(9)2-5/h1-2,11H,3,10H2. The first kappa shape index (κ1) is 12.6. The van der Waals surface area contributed by atoms with Gasteiger partial charge in [-0.2, -0.15) is 13.8 Å². The Balaban J connectivity index is 2.90. The molecule has 0 aliphatic carbocycles. The van der Waals surface area contributed by atoms with E-state index < -0.39 is 10.5 Å². The molecule has 0 radical (unpaired) electrons. The van der Waals surface area contributed by atoms with E-state index >= 15 is 0 Å². The van der Waals surface area contributed by atoms with Gasteiger partial charge < -0.3 is 5.73 Å². The van der Waals surface area contributed by atoms with Crippen molar-refractivity contribution in [2.24, 2.45) is 4.47 Å². The average Bonchev–Trinajstić information content (AvgIpc) is 2.12. The summed E-state index contributed by atoms with van der Waals surface area (Å²) in [5, 5.41) is 0. The fourth-order valence-corrected chi connectivity index (χ4v) is 2.44. The van der Waals surface area contributed by atoms with Crippen LogP contribution in [0.3, 0.4) is 0 Å². The van der Waals surface area contributed by atoms with Crippen LogP contribution in [0.4, 0.5) is 5.69 Å². The molecule has 0 spiro atoms. The van der Waals surface area contributed by atoms with E-state index in [9.17, 15) is 8.42 Å². The van der Waals surface area contributed by atoms with E-state index in [1.807, 2.05) is 6.07 Å². The molecule has 8 heteroatoms. The number of nitrogens with one attached hydrogen (secondary N) is 1. The number of nitrogens with zero attached hydrogens (tertiary/aromatic N) is 1. The summed E-state index contributed by atoms with van der Waals surface area (Å²) < 4.78 is 25.0. The van der Waals surface area contributed by atoms with Crippen LogP contribution in [-0.4, -0.2) is 8.42 Å². The largest absolute Gasteiger partial charge is 0.398 e. The summed E-state index contributed by atoms with van der Waals surface area (Å²) in [5.41, 5.74) is 9.46. The molecule has 0 aromatic heterocycles. The lowest BCUT2D eigenvalue weighted by atomic mass is 10.2. The Kier molecular flexibility index (Phi) is 4.71. The topological polar surface area (TPSA) is 84.5 Å². The SMILES string of the molecule is Nc1c(Br)cc(Br)cc1CNN=S(=O)=O. The number of hydrogen-bond acceptors (Lipinski definition) is 4. The first-order chi connectivity index (χ1) is 7.00. The van der Waals surface area contributed by atoms with Gasteiger partial charge in [-0.05, 0) is 33.6 Å². The first-order valence-electron chi connectivity index (χ1n) is 3.77. The van der Waals surface area contributed by atoms with Gasteiger partial charge >= 0.3 is 10.5 Å². The highest BCUT2D eigenvalue weighted by Gasteiger charge is 2.04. The maximum atomic E-state index is 10.1. The van der Waals surface area contributed by atoms with E-state index in [1.165, 1.54) is 0 Å². The third-order valence-electron chi connectivity index (χ3n) is 1.59. The molecule has 82 valence electrons. The number of anilines is 1. The van der Waals surface area contributed by atoms with Crippen molar-refractivity contribution in [3.8, 4) is 0 Å². The van der Waals surface area contributed by atoms with Gasteiger partial charge in [-0.25, -0.2) is 0 Å². The first-order valence-corrected chi connectivity index (χ1v) is 6.39. The highest BCUT2D eigenvalue weighted by molar-refractivity contribution is 9.11. The zero-order chi connectivity index (χ0) is 11.4. The number of nitrogens with two attached hydrogens (primary N) is 1. The predicted molar refractivity (Wildman–Crippen MR) is 64.4 cm³/mol. The molecular weight excluding hydrogens is 350 g/mol. The number of rotatable bonds is 3. The van der Waals surface area contributed by atoms with Crippen LogP contribution in [0.5, 0.6) is 0 Å². The molecular formula is C7H7Br2N3O2S. The van der Waals surface area contributed by atoms with Gasteiger partial charge in [0.15, 0.2) is 0 Å². The summed E-state index contributed by atoms with van der Waals surface area (Å²) >= 11 is 6.58. The Morgan fingerprint density at radius 2 is 2.07 bits per heavy atom. The lowest BCUT2D eigenvalue weighted by molar-refractivity contribution is 0.612. The van der Waals surface area contributed by atoms with Gasteiger partial charge in [0.2, 0.25) is 0 Å². The monoisotopic (exact) mass is 355 g/mol. The molecule has 15 heavy (non-hydrogen) atoms. The summed E-state index contributed by atoms with van der Waals surface area (Å²) in [6.45, 7) is 0.248. The maximum absolute atomic E-state index is 10.1. The van der Waals surface area contributed by atoms with Crippen LogP contribution in [0.25, 0.3) is 0 Å². The lowest BCUT2D eigenvalue weighted by Gasteiger charge is -2.06. The van der Waals surface area contributed by atoms with Crippen LogP contribution >= 0.6 is 31.9 Å². The molecule has 0 fully saturated rings. The van der Waals surface area contributed by atoms with E-state index in [-0.39, 0.29) is 6.54 Å². The summed E-state index contributed by atoms with van der Waals surface area (Å²) in [6, 6.07) is 3.60. The Morgan fingerprint density at radius 3 is 2.67 bits per heavy atom. The lowest BCUT2D eigenvalue weighted by Crippen LogP contribution is -2.07. The van der Waals surface area contributed by atoms with Gasteiger partial charge in [-0.3, -0.25) is 0 Å². The maximum Gasteiger partial charge on any atom is 0.327 e. The van der Waals surface area contributed by atoms with Crippen LogP contribution in [0.2, 0.25) is 0 Å². The second kappa shape index (κ2) is 5.59. The fraction of sp³-hybridized carbons (Fsp3) is 0.143. The van der Waals surface area contributed by atoms with Crippen molar-refractivity contribution in [3.05, 3.63) is 26.6 Å². The smallest absolute Gasteiger partial charge is 0.327 e. The minimum atomic E-state index is -2.46. The summed E-state index contributed by atoms with van der Waals surface area (Å²) in [7, 11) is -2.46. The molecule has 0 unspecified atom stereocenters. The molecule has 1 aromatic rings. The molecule has 5 nitrogen and oxygen atoms in total. The van der Waals surface area contributed by atoms with Gasteiger partial charge in [0.1, 0.15) is 0 Å². The van der Waals surface area contributed by atoms with Crippen LogP contribution in [0.15, 0.2) is 25.5 Å². The molecule has 0 saturated heterocycles. The molecule has 0 amide bonds. The number of hydrogen-bond donors (Lipinski definition) is 2. The van der Waals surface area contributed by atoms with E-state index in [0.29, 0.717) is 5.69 Å². The summed E-state index contributed by atoms with van der Waals surface area (Å²) in [5.74, 6) is 0. The van der Waals surface area contributed by atoms with Gasteiger partial charge in [-0.15, -0.1) is 0 Å². The Hall–Kier alpha value is -0.440. The second-order valence-corrected chi connectivity index (χ2v) is 4.99. The zero-order valence-corrected chi connectivity index (χ0v) is 11.4. The second-order valence-electron chi connectivity index (χ2n) is 2.60. The van der Waals surface area contributed by atoms with Crippen molar-refractivity contribution in [2.45, 2.75) is 6.54 Å². The Morgan fingerprint density at radius 1 is 1.40 bits per heavy atom. The number of nitrogen functional groups attached to an aromatic ring is 1. The fourth-order valence-electron chi connectivity index (χ4n) is 0.954. The van der Waals surface area contributed by atoms with Gasteiger partial charge in [0.25, 0.3) is 0 Å². The molecule has 3 N–H and O–H groups in total. The van der Waals surface area contributed by atoms with Crippen molar-refractivity contribution < 1.29 is 8.42 Å². The van der Waals surface area contributed by atoms with E-state index in [1.54, 1.807) is 6.07 Å². The Bertz CT molecular complexity index is 493. The van der Waals surface area contributed by atoms with Crippen molar-refractivity contribution in [2.75, 3.05) is 5.73 Å². The van der Waals surface area contributed by atoms with Crippen molar-refractivity contribution in [3.63, 3.8) is 0 Å². The third kappa shape index (κ3) is 3.90. The van der Waals surface area contributed by atoms with Crippen molar-refractivity contribution in [1.82, 2.24) is 5.43 Å². The molecule has 0 atom stereocenters. The molecule has 0 aliphatic heterocycles. The zero-order valence-electron chi connectivity index (χ0n) is 7.37. The molecule has 0 heterocycles. The highest BCUT2D eigenvalue weighted by atomic mass is 79.9. The van der Waals surface area contributed by atoms with E-state index in [0.717, 1.165) is 14.5 Å². The molecule has 0 aliphatic rings. The van der Waals surface area contributed by atoms with E-state index in [4.69, 9.17) is 5.73 Å². The third-order valence-corrected chi connectivity index (χ3v) is 2.98. The number of benzene rings is 1. The minimum absolute atomic E-state index is 0.248. The average molecular weight is 357 g/mol.